The Kier molecular flexibility index (Phi) is 6.32. The minimum absolute atomic E-state index is 0.114. The van der Waals surface area contributed by atoms with Crippen molar-refractivity contribution in [2.24, 2.45) is 11.8 Å². The van der Waals surface area contributed by atoms with Gasteiger partial charge in [0.15, 0.2) is 0 Å². The van der Waals surface area contributed by atoms with Crippen molar-refractivity contribution in [2.75, 3.05) is 26.2 Å². The molecule has 0 atom stereocenters. The monoisotopic (exact) mass is 268 g/mol. The van der Waals surface area contributed by atoms with Gasteiger partial charge in [-0.05, 0) is 32.6 Å². The summed E-state index contributed by atoms with van der Waals surface area (Å²) in [5.41, 5.74) is 0. The van der Waals surface area contributed by atoms with Crippen molar-refractivity contribution in [2.45, 2.75) is 47.0 Å². The van der Waals surface area contributed by atoms with E-state index in [-0.39, 0.29) is 17.7 Å². The normalized spacial score (nSPS) is 16.8. The first-order chi connectivity index (χ1) is 8.99. The molecule has 0 spiro atoms. The van der Waals surface area contributed by atoms with E-state index in [1.54, 1.807) is 0 Å². The van der Waals surface area contributed by atoms with Crippen molar-refractivity contribution in [3.05, 3.63) is 0 Å². The molecule has 0 aromatic carbocycles. The van der Waals surface area contributed by atoms with Gasteiger partial charge in [0.2, 0.25) is 11.8 Å². The lowest BCUT2D eigenvalue weighted by Crippen LogP contribution is -2.44. The second kappa shape index (κ2) is 7.51. The van der Waals surface area contributed by atoms with E-state index in [0.29, 0.717) is 12.3 Å². The zero-order chi connectivity index (χ0) is 14.4. The molecule has 2 amide bonds. The van der Waals surface area contributed by atoms with Gasteiger partial charge in [0.05, 0.1) is 0 Å². The highest BCUT2D eigenvalue weighted by Gasteiger charge is 2.29. The van der Waals surface area contributed by atoms with Crippen molar-refractivity contribution < 1.29 is 9.59 Å². The van der Waals surface area contributed by atoms with E-state index in [4.69, 9.17) is 0 Å². The molecule has 1 rings (SSSR count). The van der Waals surface area contributed by atoms with Gasteiger partial charge in [-0.25, -0.2) is 0 Å². The molecule has 1 aliphatic rings. The lowest BCUT2D eigenvalue weighted by molar-refractivity contribution is -0.140. The van der Waals surface area contributed by atoms with E-state index in [0.717, 1.165) is 39.0 Å². The first-order valence-electron chi connectivity index (χ1n) is 7.56. The van der Waals surface area contributed by atoms with Crippen molar-refractivity contribution in [1.82, 2.24) is 9.80 Å². The summed E-state index contributed by atoms with van der Waals surface area (Å²) in [6.45, 7) is 11.2. The van der Waals surface area contributed by atoms with Gasteiger partial charge in [-0.1, -0.05) is 13.8 Å². The highest BCUT2D eigenvalue weighted by Crippen LogP contribution is 2.20. The van der Waals surface area contributed by atoms with Crippen molar-refractivity contribution >= 4 is 11.8 Å². The van der Waals surface area contributed by atoms with Crippen LogP contribution >= 0.6 is 0 Å². The minimum atomic E-state index is 0.114. The van der Waals surface area contributed by atoms with Crippen LogP contribution in [0.4, 0.5) is 0 Å². The predicted octanol–water partition coefficient (Wildman–Crippen LogP) is 2.14. The van der Waals surface area contributed by atoms with Crippen LogP contribution in [-0.2, 0) is 9.59 Å². The van der Waals surface area contributed by atoms with Crippen LogP contribution in [-0.4, -0.2) is 47.8 Å². The number of amides is 2. The maximum atomic E-state index is 12.2. The summed E-state index contributed by atoms with van der Waals surface area (Å²) in [6, 6.07) is 0. The molecule has 0 aromatic heterocycles. The van der Waals surface area contributed by atoms with Crippen molar-refractivity contribution in [3.63, 3.8) is 0 Å². The number of nitrogens with zero attached hydrogens (tertiary/aromatic N) is 2. The van der Waals surface area contributed by atoms with Gasteiger partial charge in [0.25, 0.3) is 0 Å². The molecular formula is C15H28N2O2. The molecule has 110 valence electrons. The number of carbonyl (C=O) groups excluding carboxylic acids is 2. The van der Waals surface area contributed by atoms with E-state index in [9.17, 15) is 9.59 Å². The third kappa shape index (κ3) is 4.51. The summed E-state index contributed by atoms with van der Waals surface area (Å²) in [5, 5.41) is 0. The SMILES string of the molecule is CCN(CC)C(=O)C1CCN(C(=O)CC(C)C)CC1. The van der Waals surface area contributed by atoms with E-state index in [2.05, 4.69) is 13.8 Å². The molecule has 0 unspecified atom stereocenters. The number of likely N-dealkylation sites (tertiary alicyclic amines) is 1. The van der Waals surface area contributed by atoms with Gasteiger partial charge < -0.3 is 9.80 Å². The van der Waals surface area contributed by atoms with Gasteiger partial charge in [0.1, 0.15) is 0 Å². The Balaban J connectivity index is 2.44. The first-order valence-corrected chi connectivity index (χ1v) is 7.56. The summed E-state index contributed by atoms with van der Waals surface area (Å²) < 4.78 is 0. The zero-order valence-corrected chi connectivity index (χ0v) is 12.8. The molecule has 0 bridgehead atoms. The van der Waals surface area contributed by atoms with Crippen LogP contribution < -0.4 is 0 Å². The quantitative estimate of drug-likeness (QED) is 0.766. The molecule has 0 aromatic rings. The Labute approximate surface area is 117 Å². The molecule has 0 N–H and O–H groups in total. The lowest BCUT2D eigenvalue weighted by atomic mass is 9.94. The van der Waals surface area contributed by atoms with Crippen LogP contribution in [0.15, 0.2) is 0 Å². The summed E-state index contributed by atoms with van der Waals surface area (Å²) in [6.07, 6.45) is 2.26. The Morgan fingerprint density at radius 1 is 1.16 bits per heavy atom. The molecule has 1 aliphatic heterocycles. The summed E-state index contributed by atoms with van der Waals surface area (Å²) in [4.78, 5) is 28.0. The fourth-order valence-electron chi connectivity index (χ4n) is 2.65. The molecule has 0 saturated carbocycles. The van der Waals surface area contributed by atoms with Crippen LogP contribution in [0.25, 0.3) is 0 Å². The van der Waals surface area contributed by atoms with E-state index < -0.39 is 0 Å². The molecule has 4 heteroatoms. The Morgan fingerprint density at radius 3 is 2.11 bits per heavy atom. The molecule has 1 saturated heterocycles. The van der Waals surface area contributed by atoms with Crippen LogP contribution in [0.1, 0.15) is 47.0 Å². The van der Waals surface area contributed by atoms with Crippen molar-refractivity contribution in [1.29, 1.82) is 0 Å². The number of carbonyl (C=O) groups is 2. The summed E-state index contributed by atoms with van der Waals surface area (Å²) in [7, 11) is 0. The van der Waals surface area contributed by atoms with Crippen LogP contribution in [0.3, 0.4) is 0 Å². The highest BCUT2D eigenvalue weighted by molar-refractivity contribution is 5.80. The second-order valence-corrected chi connectivity index (χ2v) is 5.76. The second-order valence-electron chi connectivity index (χ2n) is 5.76. The molecule has 19 heavy (non-hydrogen) atoms. The number of hydrogen-bond acceptors (Lipinski definition) is 2. The number of hydrogen-bond donors (Lipinski definition) is 0. The molecule has 1 heterocycles. The fourth-order valence-corrected chi connectivity index (χ4v) is 2.65. The number of rotatable bonds is 5. The molecule has 4 nitrogen and oxygen atoms in total. The van der Waals surface area contributed by atoms with Crippen LogP contribution in [0, 0.1) is 11.8 Å². The fraction of sp³-hybridized carbons (Fsp3) is 0.867. The predicted molar refractivity (Wildman–Crippen MR) is 76.7 cm³/mol. The molecule has 0 aliphatic carbocycles. The maximum absolute atomic E-state index is 12.2. The van der Waals surface area contributed by atoms with Gasteiger partial charge in [-0.3, -0.25) is 9.59 Å². The van der Waals surface area contributed by atoms with Gasteiger partial charge >= 0.3 is 0 Å². The van der Waals surface area contributed by atoms with E-state index >= 15 is 0 Å². The van der Waals surface area contributed by atoms with Gasteiger partial charge in [-0.15, -0.1) is 0 Å². The Morgan fingerprint density at radius 2 is 1.68 bits per heavy atom. The zero-order valence-electron chi connectivity index (χ0n) is 12.8. The van der Waals surface area contributed by atoms with E-state index in [1.165, 1.54) is 0 Å². The average molecular weight is 268 g/mol. The molecule has 0 radical (unpaired) electrons. The smallest absolute Gasteiger partial charge is 0.225 e. The van der Waals surface area contributed by atoms with Gasteiger partial charge in [-0.2, -0.15) is 0 Å². The van der Waals surface area contributed by atoms with Crippen LogP contribution in [0.5, 0.6) is 0 Å². The van der Waals surface area contributed by atoms with Crippen LogP contribution in [0.2, 0.25) is 0 Å². The van der Waals surface area contributed by atoms with Crippen molar-refractivity contribution in [3.8, 4) is 0 Å². The first kappa shape index (κ1) is 16.0. The molecular weight excluding hydrogens is 240 g/mol. The van der Waals surface area contributed by atoms with E-state index in [1.807, 2.05) is 23.6 Å². The minimum Gasteiger partial charge on any atom is -0.343 e. The molecule has 1 fully saturated rings. The Hall–Kier alpha value is -1.06. The lowest BCUT2D eigenvalue weighted by Gasteiger charge is -2.34. The Bertz CT molecular complexity index is 303. The maximum Gasteiger partial charge on any atom is 0.225 e. The third-order valence-corrected chi connectivity index (χ3v) is 3.85. The standard InChI is InChI=1S/C15H28N2O2/c1-5-16(6-2)15(19)13-7-9-17(10-8-13)14(18)11-12(3)4/h12-13H,5-11H2,1-4H3. The summed E-state index contributed by atoms with van der Waals surface area (Å²) >= 11 is 0. The van der Waals surface area contributed by atoms with Gasteiger partial charge in [0, 0.05) is 38.5 Å². The average Bonchev–Trinajstić information content (AvgIpc) is 2.39. The third-order valence-electron chi connectivity index (χ3n) is 3.85. The summed E-state index contributed by atoms with van der Waals surface area (Å²) in [5.74, 6) is 1.02. The topological polar surface area (TPSA) is 40.6 Å². The largest absolute Gasteiger partial charge is 0.343 e. The number of piperidine rings is 1. The highest BCUT2D eigenvalue weighted by atomic mass is 16.2.